The van der Waals surface area contributed by atoms with Crippen molar-refractivity contribution in [2.75, 3.05) is 5.32 Å². The van der Waals surface area contributed by atoms with Gasteiger partial charge in [-0.25, -0.2) is 4.98 Å². The zero-order chi connectivity index (χ0) is 16.5. The van der Waals surface area contributed by atoms with Crippen LogP contribution in [-0.2, 0) is 4.79 Å². The summed E-state index contributed by atoms with van der Waals surface area (Å²) in [4.78, 5) is 17.7. The Balaban J connectivity index is 0.00000182. The van der Waals surface area contributed by atoms with E-state index >= 15 is 0 Å². The van der Waals surface area contributed by atoms with Gasteiger partial charge in [-0.1, -0.05) is 18.6 Å². The Morgan fingerprint density at radius 2 is 2.12 bits per heavy atom. The topological polar surface area (TPSA) is 72.4 Å². The number of nitrogens with one attached hydrogen (secondary N) is 1. The van der Waals surface area contributed by atoms with E-state index in [4.69, 9.17) is 5.73 Å². The molecule has 2 heterocycles. The molecule has 2 atom stereocenters. The molecule has 1 aromatic carbocycles. The average Bonchev–Trinajstić information content (AvgIpc) is 3.25. The van der Waals surface area contributed by atoms with Crippen molar-refractivity contribution in [3.63, 3.8) is 0 Å². The van der Waals surface area contributed by atoms with Crippen LogP contribution in [0.2, 0.25) is 0 Å². The van der Waals surface area contributed by atoms with Gasteiger partial charge in [-0.2, -0.15) is 0 Å². The van der Waals surface area contributed by atoms with E-state index in [1.165, 1.54) is 0 Å². The van der Waals surface area contributed by atoms with Crippen LogP contribution in [0.3, 0.4) is 0 Å². The van der Waals surface area contributed by atoms with Crippen LogP contribution >= 0.6 is 23.7 Å². The third-order valence-electron chi connectivity index (χ3n) is 4.72. The summed E-state index contributed by atoms with van der Waals surface area (Å²) in [6.45, 7) is 0. The number of halogens is 1. The summed E-state index contributed by atoms with van der Waals surface area (Å²) in [5, 5.41) is 4.99. The molecule has 4 rings (SSSR count). The fourth-order valence-electron chi connectivity index (χ4n) is 3.36. The van der Waals surface area contributed by atoms with Crippen LogP contribution in [0.4, 0.5) is 5.69 Å². The average molecular weight is 377 g/mol. The van der Waals surface area contributed by atoms with Crippen molar-refractivity contribution in [1.29, 1.82) is 0 Å². The first kappa shape index (κ1) is 17.9. The van der Waals surface area contributed by atoms with Gasteiger partial charge in [-0.15, -0.1) is 23.7 Å². The largest absolute Gasteiger partial charge is 0.327 e. The highest BCUT2D eigenvalue weighted by molar-refractivity contribution is 7.15. The summed E-state index contributed by atoms with van der Waals surface area (Å²) in [6, 6.07) is 8.00. The molecule has 1 aliphatic rings. The number of carbonyl (C=O) groups excluding carboxylic acids is 1. The fraction of sp³-hybridized carbons (Fsp3) is 0.333. The number of anilines is 1. The minimum absolute atomic E-state index is 0. The number of imidazole rings is 1. The van der Waals surface area contributed by atoms with E-state index in [0.717, 1.165) is 41.2 Å². The quantitative estimate of drug-likeness (QED) is 0.724. The molecule has 1 aliphatic carbocycles. The van der Waals surface area contributed by atoms with Gasteiger partial charge in [0.05, 0.1) is 5.69 Å². The summed E-state index contributed by atoms with van der Waals surface area (Å²) >= 11 is 1.61. The highest BCUT2D eigenvalue weighted by Gasteiger charge is 2.25. The first-order valence-corrected chi connectivity index (χ1v) is 9.15. The van der Waals surface area contributed by atoms with Gasteiger partial charge in [-0.3, -0.25) is 9.20 Å². The standard InChI is InChI=1S/C18H20N4OS.ClH/c19-15-3-1-2-13(15)10-17(23)20-14-6-4-12(5-7-14)16-11-22-8-9-24-18(22)21-16;/h4-9,11,13,15H,1-3,10,19H2,(H,20,23);1H/t13-,15+;/m0./s1. The normalized spacial score (nSPS) is 19.7. The van der Waals surface area contributed by atoms with Crippen molar-refractivity contribution in [2.24, 2.45) is 11.7 Å². The van der Waals surface area contributed by atoms with Crippen LogP contribution in [0.5, 0.6) is 0 Å². The van der Waals surface area contributed by atoms with E-state index < -0.39 is 0 Å². The molecule has 0 bridgehead atoms. The smallest absolute Gasteiger partial charge is 0.224 e. The fourth-order valence-corrected chi connectivity index (χ4v) is 4.06. The maximum atomic E-state index is 12.2. The van der Waals surface area contributed by atoms with Crippen molar-refractivity contribution < 1.29 is 4.79 Å². The van der Waals surface area contributed by atoms with Gasteiger partial charge >= 0.3 is 0 Å². The minimum Gasteiger partial charge on any atom is -0.327 e. The van der Waals surface area contributed by atoms with Gasteiger partial charge in [0.25, 0.3) is 0 Å². The van der Waals surface area contributed by atoms with Crippen LogP contribution in [0.15, 0.2) is 42.0 Å². The van der Waals surface area contributed by atoms with Gasteiger partial charge in [0.15, 0.2) is 4.96 Å². The maximum absolute atomic E-state index is 12.2. The lowest BCUT2D eigenvalue weighted by Gasteiger charge is -2.14. The Labute approximate surface area is 156 Å². The molecule has 5 nitrogen and oxygen atoms in total. The van der Waals surface area contributed by atoms with Crippen LogP contribution in [0.25, 0.3) is 16.2 Å². The lowest BCUT2D eigenvalue weighted by molar-refractivity contribution is -0.117. The maximum Gasteiger partial charge on any atom is 0.224 e. The van der Waals surface area contributed by atoms with E-state index in [1.54, 1.807) is 11.3 Å². The van der Waals surface area contributed by atoms with Gasteiger partial charge in [-0.05, 0) is 30.9 Å². The first-order valence-electron chi connectivity index (χ1n) is 8.27. The van der Waals surface area contributed by atoms with Crippen molar-refractivity contribution in [1.82, 2.24) is 9.38 Å². The SMILES string of the molecule is Cl.N[C@@H]1CCC[C@H]1CC(=O)Nc1ccc(-c2cn3ccsc3n2)cc1. The van der Waals surface area contributed by atoms with Crippen molar-refractivity contribution in [3.05, 3.63) is 42.0 Å². The van der Waals surface area contributed by atoms with Crippen molar-refractivity contribution in [2.45, 2.75) is 31.7 Å². The number of rotatable bonds is 4. The van der Waals surface area contributed by atoms with Gasteiger partial charge in [0.1, 0.15) is 0 Å². The van der Waals surface area contributed by atoms with E-state index in [9.17, 15) is 4.79 Å². The molecular formula is C18H21ClN4OS. The predicted molar refractivity (Wildman–Crippen MR) is 104 cm³/mol. The molecule has 7 heteroatoms. The highest BCUT2D eigenvalue weighted by atomic mass is 35.5. The summed E-state index contributed by atoms with van der Waals surface area (Å²) in [5.74, 6) is 0.371. The van der Waals surface area contributed by atoms with Gasteiger partial charge in [0, 0.05) is 41.5 Å². The Morgan fingerprint density at radius 3 is 2.80 bits per heavy atom. The summed E-state index contributed by atoms with van der Waals surface area (Å²) in [6.07, 6.45) is 7.76. The second-order valence-corrected chi connectivity index (χ2v) is 7.28. The van der Waals surface area contributed by atoms with Crippen LogP contribution in [0, 0.1) is 5.92 Å². The zero-order valence-corrected chi connectivity index (χ0v) is 15.4. The molecule has 0 unspecified atom stereocenters. The predicted octanol–water partition coefficient (Wildman–Crippen LogP) is 3.94. The lowest BCUT2D eigenvalue weighted by atomic mass is 10.00. The molecule has 3 aromatic rings. The molecule has 1 saturated carbocycles. The number of nitrogens with two attached hydrogens (primary N) is 1. The van der Waals surface area contributed by atoms with E-state index in [1.807, 2.05) is 46.4 Å². The Bertz CT molecular complexity index is 829. The van der Waals surface area contributed by atoms with Crippen LogP contribution in [0.1, 0.15) is 25.7 Å². The number of hydrogen-bond donors (Lipinski definition) is 2. The van der Waals surface area contributed by atoms with Crippen molar-refractivity contribution in [3.8, 4) is 11.3 Å². The first-order chi connectivity index (χ1) is 11.7. The van der Waals surface area contributed by atoms with E-state index in [0.29, 0.717) is 12.3 Å². The lowest BCUT2D eigenvalue weighted by Crippen LogP contribution is -2.28. The Kier molecular flexibility index (Phi) is 5.42. The zero-order valence-electron chi connectivity index (χ0n) is 13.7. The molecule has 132 valence electrons. The summed E-state index contributed by atoms with van der Waals surface area (Å²) in [7, 11) is 0. The van der Waals surface area contributed by atoms with Gasteiger partial charge < -0.3 is 11.1 Å². The molecule has 1 amide bonds. The van der Waals surface area contributed by atoms with E-state index in [-0.39, 0.29) is 24.4 Å². The van der Waals surface area contributed by atoms with Crippen LogP contribution < -0.4 is 11.1 Å². The number of aromatic nitrogens is 2. The summed E-state index contributed by atoms with van der Waals surface area (Å²) in [5.41, 5.74) is 8.84. The second kappa shape index (κ2) is 7.56. The molecule has 0 saturated heterocycles. The molecule has 2 aromatic heterocycles. The number of carbonyl (C=O) groups is 1. The number of nitrogens with zero attached hydrogens (tertiary/aromatic N) is 2. The molecule has 0 radical (unpaired) electrons. The third kappa shape index (κ3) is 3.86. The molecule has 25 heavy (non-hydrogen) atoms. The number of fused-ring (bicyclic) bond motifs is 1. The highest BCUT2D eigenvalue weighted by Crippen LogP contribution is 2.27. The molecule has 0 aliphatic heterocycles. The van der Waals surface area contributed by atoms with Gasteiger partial charge in [0.2, 0.25) is 5.91 Å². The van der Waals surface area contributed by atoms with Crippen LogP contribution in [-0.4, -0.2) is 21.3 Å². The number of thiazole rings is 1. The Morgan fingerprint density at radius 1 is 1.32 bits per heavy atom. The van der Waals surface area contributed by atoms with Crippen molar-refractivity contribution >= 4 is 40.3 Å². The Hall–Kier alpha value is -1.89. The molecule has 0 spiro atoms. The summed E-state index contributed by atoms with van der Waals surface area (Å²) < 4.78 is 2.01. The molecule has 1 fully saturated rings. The minimum atomic E-state index is 0. The monoisotopic (exact) mass is 376 g/mol. The number of amides is 1. The van der Waals surface area contributed by atoms with E-state index in [2.05, 4.69) is 10.3 Å². The second-order valence-electron chi connectivity index (χ2n) is 6.40. The number of benzene rings is 1. The number of hydrogen-bond acceptors (Lipinski definition) is 4. The third-order valence-corrected chi connectivity index (χ3v) is 5.49. The molecular weight excluding hydrogens is 356 g/mol. The molecule has 3 N–H and O–H groups in total.